The molecule has 1 aliphatic heterocycles. The number of carbonyl (C=O) groups is 2. The molecule has 32 heavy (non-hydrogen) atoms. The van der Waals surface area contributed by atoms with E-state index >= 15 is 0 Å². The van der Waals surface area contributed by atoms with E-state index in [1.807, 2.05) is 65.5 Å². The molecule has 3 aromatic rings. The van der Waals surface area contributed by atoms with Crippen molar-refractivity contribution in [3.63, 3.8) is 0 Å². The Bertz CT molecular complexity index is 1130. The zero-order chi connectivity index (χ0) is 22.5. The summed E-state index contributed by atoms with van der Waals surface area (Å²) in [5.74, 6) is -0.00480. The Labute approximate surface area is 191 Å². The standard InChI is InChI=1S/C24H27N5O2S/c1-17-7-11-29(27-17)12-9-24(31)28-10-8-21-19(16-28)14-25-18(2)22(21)15-26-23(30)6-5-20-4-3-13-32-20/h3-7,11,13-14H,8-10,12,15-16H2,1-2H3,(H,26,30). The van der Waals surface area contributed by atoms with Crippen molar-refractivity contribution in [3.05, 3.63) is 75.0 Å². The molecule has 7 nitrogen and oxygen atoms in total. The summed E-state index contributed by atoms with van der Waals surface area (Å²) in [5, 5.41) is 9.30. The number of rotatable bonds is 7. The van der Waals surface area contributed by atoms with Crippen LogP contribution in [0.15, 0.2) is 42.0 Å². The van der Waals surface area contributed by atoms with Crippen molar-refractivity contribution in [2.24, 2.45) is 0 Å². The molecule has 0 bridgehead atoms. The molecule has 0 atom stereocenters. The summed E-state index contributed by atoms with van der Waals surface area (Å²) in [6, 6.07) is 5.87. The number of aryl methyl sites for hydroxylation is 3. The van der Waals surface area contributed by atoms with Crippen molar-refractivity contribution >= 4 is 29.2 Å². The highest BCUT2D eigenvalue weighted by Gasteiger charge is 2.24. The number of amides is 2. The predicted octanol–water partition coefficient (Wildman–Crippen LogP) is 3.26. The van der Waals surface area contributed by atoms with E-state index in [1.165, 1.54) is 5.56 Å². The maximum Gasteiger partial charge on any atom is 0.244 e. The highest BCUT2D eigenvalue weighted by atomic mass is 32.1. The molecular formula is C24H27N5O2S. The first-order chi connectivity index (χ1) is 15.5. The van der Waals surface area contributed by atoms with Gasteiger partial charge in [0.25, 0.3) is 0 Å². The largest absolute Gasteiger partial charge is 0.348 e. The van der Waals surface area contributed by atoms with E-state index in [2.05, 4.69) is 15.4 Å². The number of aromatic nitrogens is 3. The van der Waals surface area contributed by atoms with E-state index in [-0.39, 0.29) is 11.8 Å². The number of fused-ring (bicyclic) bond motifs is 1. The van der Waals surface area contributed by atoms with Gasteiger partial charge < -0.3 is 10.2 Å². The molecule has 0 aromatic carbocycles. The number of thiophene rings is 1. The van der Waals surface area contributed by atoms with Crippen molar-refractivity contribution in [2.45, 2.75) is 46.3 Å². The maximum absolute atomic E-state index is 12.7. The van der Waals surface area contributed by atoms with Gasteiger partial charge in [0.15, 0.2) is 0 Å². The molecule has 0 aliphatic carbocycles. The molecule has 3 aromatic heterocycles. The van der Waals surface area contributed by atoms with Gasteiger partial charge in [-0.15, -0.1) is 11.3 Å². The summed E-state index contributed by atoms with van der Waals surface area (Å²) in [6.45, 7) is 6.15. The molecule has 0 saturated carbocycles. The van der Waals surface area contributed by atoms with Crippen LogP contribution in [0.2, 0.25) is 0 Å². The van der Waals surface area contributed by atoms with Gasteiger partial charge >= 0.3 is 0 Å². The summed E-state index contributed by atoms with van der Waals surface area (Å²) >= 11 is 1.59. The van der Waals surface area contributed by atoms with Gasteiger partial charge in [-0.2, -0.15) is 5.10 Å². The molecule has 0 radical (unpaired) electrons. The molecule has 1 aliphatic rings. The average Bonchev–Trinajstić information content (AvgIpc) is 3.46. The van der Waals surface area contributed by atoms with Crippen molar-refractivity contribution in [1.29, 1.82) is 0 Å². The molecule has 0 saturated heterocycles. The number of pyridine rings is 1. The smallest absolute Gasteiger partial charge is 0.244 e. The van der Waals surface area contributed by atoms with Crippen LogP contribution in [0.3, 0.4) is 0 Å². The fourth-order valence-electron chi connectivity index (χ4n) is 3.90. The zero-order valence-electron chi connectivity index (χ0n) is 18.4. The third-order valence-electron chi connectivity index (χ3n) is 5.66. The van der Waals surface area contributed by atoms with Crippen LogP contribution in [0.4, 0.5) is 0 Å². The quantitative estimate of drug-likeness (QED) is 0.562. The summed E-state index contributed by atoms with van der Waals surface area (Å²) in [5.41, 5.74) is 5.18. The molecule has 1 N–H and O–H groups in total. The van der Waals surface area contributed by atoms with Crippen molar-refractivity contribution in [1.82, 2.24) is 25.0 Å². The first-order valence-electron chi connectivity index (χ1n) is 10.7. The van der Waals surface area contributed by atoms with Crippen LogP contribution in [-0.2, 0) is 35.6 Å². The maximum atomic E-state index is 12.7. The fraction of sp³-hybridized carbons (Fsp3) is 0.333. The van der Waals surface area contributed by atoms with Crippen LogP contribution >= 0.6 is 11.3 Å². The second kappa shape index (κ2) is 9.91. The number of hydrogen-bond acceptors (Lipinski definition) is 5. The molecule has 0 spiro atoms. The zero-order valence-corrected chi connectivity index (χ0v) is 19.2. The van der Waals surface area contributed by atoms with Crippen LogP contribution in [0.5, 0.6) is 0 Å². The number of hydrogen-bond donors (Lipinski definition) is 1. The predicted molar refractivity (Wildman–Crippen MR) is 125 cm³/mol. The first-order valence-corrected chi connectivity index (χ1v) is 11.6. The van der Waals surface area contributed by atoms with Crippen LogP contribution < -0.4 is 5.32 Å². The van der Waals surface area contributed by atoms with Crippen LogP contribution in [-0.4, -0.2) is 38.0 Å². The minimum absolute atomic E-state index is 0.123. The van der Waals surface area contributed by atoms with Gasteiger partial charge in [-0.05, 0) is 60.5 Å². The lowest BCUT2D eigenvalue weighted by molar-refractivity contribution is -0.132. The third-order valence-corrected chi connectivity index (χ3v) is 6.50. The summed E-state index contributed by atoms with van der Waals surface area (Å²) < 4.78 is 1.81. The van der Waals surface area contributed by atoms with E-state index in [9.17, 15) is 9.59 Å². The highest BCUT2D eigenvalue weighted by Crippen LogP contribution is 2.24. The lowest BCUT2D eigenvalue weighted by atomic mass is 9.94. The Hall–Kier alpha value is -3.26. The van der Waals surface area contributed by atoms with E-state index < -0.39 is 0 Å². The first kappa shape index (κ1) is 22.0. The van der Waals surface area contributed by atoms with Gasteiger partial charge in [-0.3, -0.25) is 19.3 Å². The Kier molecular flexibility index (Phi) is 6.80. The van der Waals surface area contributed by atoms with Gasteiger partial charge in [0.05, 0.1) is 5.69 Å². The third kappa shape index (κ3) is 5.31. The van der Waals surface area contributed by atoms with Gasteiger partial charge in [-0.1, -0.05) is 6.07 Å². The van der Waals surface area contributed by atoms with Crippen LogP contribution in [0, 0.1) is 13.8 Å². The molecule has 0 unspecified atom stereocenters. The summed E-state index contributed by atoms with van der Waals surface area (Å²) in [4.78, 5) is 32.4. The Balaban J connectivity index is 1.36. The lowest BCUT2D eigenvalue weighted by Gasteiger charge is -2.30. The second-order valence-electron chi connectivity index (χ2n) is 7.93. The second-order valence-corrected chi connectivity index (χ2v) is 8.91. The van der Waals surface area contributed by atoms with Crippen molar-refractivity contribution in [2.75, 3.05) is 6.54 Å². The normalized spacial score (nSPS) is 13.4. The Morgan fingerprint density at radius 2 is 2.16 bits per heavy atom. The number of carbonyl (C=O) groups excluding carboxylic acids is 2. The molecule has 0 fully saturated rings. The van der Waals surface area contributed by atoms with E-state index in [0.29, 0.717) is 32.6 Å². The minimum Gasteiger partial charge on any atom is -0.348 e. The van der Waals surface area contributed by atoms with Gasteiger partial charge in [0, 0.05) is 61.6 Å². The molecule has 8 heteroatoms. The number of nitrogens with one attached hydrogen (secondary N) is 1. The number of nitrogens with zero attached hydrogens (tertiary/aromatic N) is 4. The Morgan fingerprint density at radius 3 is 2.91 bits per heavy atom. The van der Waals surface area contributed by atoms with E-state index in [0.717, 1.165) is 33.8 Å². The Morgan fingerprint density at radius 1 is 1.28 bits per heavy atom. The molecular weight excluding hydrogens is 422 g/mol. The van der Waals surface area contributed by atoms with Crippen molar-refractivity contribution < 1.29 is 9.59 Å². The molecule has 2 amide bonds. The topological polar surface area (TPSA) is 80.1 Å². The van der Waals surface area contributed by atoms with Crippen LogP contribution in [0.1, 0.15) is 39.4 Å². The molecule has 4 heterocycles. The minimum atomic E-state index is -0.128. The molecule has 166 valence electrons. The summed E-state index contributed by atoms with van der Waals surface area (Å²) in [6.07, 6.45) is 8.34. The van der Waals surface area contributed by atoms with E-state index in [1.54, 1.807) is 17.4 Å². The van der Waals surface area contributed by atoms with Crippen LogP contribution in [0.25, 0.3) is 6.08 Å². The van der Waals surface area contributed by atoms with E-state index in [4.69, 9.17) is 0 Å². The lowest BCUT2D eigenvalue weighted by Crippen LogP contribution is -2.37. The van der Waals surface area contributed by atoms with Gasteiger partial charge in [0.2, 0.25) is 11.8 Å². The monoisotopic (exact) mass is 449 g/mol. The van der Waals surface area contributed by atoms with Gasteiger partial charge in [0.1, 0.15) is 0 Å². The van der Waals surface area contributed by atoms with Crippen molar-refractivity contribution in [3.8, 4) is 0 Å². The van der Waals surface area contributed by atoms with Gasteiger partial charge in [-0.25, -0.2) is 0 Å². The summed E-state index contributed by atoms with van der Waals surface area (Å²) in [7, 11) is 0. The SMILES string of the molecule is Cc1ccn(CCC(=O)N2CCc3c(cnc(C)c3CNC(=O)C=Cc3cccs3)C2)n1. The highest BCUT2D eigenvalue weighted by molar-refractivity contribution is 7.10. The fourth-order valence-corrected chi connectivity index (χ4v) is 4.52. The molecule has 4 rings (SSSR count). The average molecular weight is 450 g/mol.